The van der Waals surface area contributed by atoms with Crippen LogP contribution in [-0.2, 0) is 6.54 Å². The summed E-state index contributed by atoms with van der Waals surface area (Å²) in [5.41, 5.74) is 1.13. The van der Waals surface area contributed by atoms with E-state index in [-0.39, 0.29) is 6.04 Å². The highest BCUT2D eigenvalue weighted by Crippen LogP contribution is 2.33. The van der Waals surface area contributed by atoms with E-state index >= 15 is 0 Å². The molecule has 0 aliphatic carbocycles. The van der Waals surface area contributed by atoms with Gasteiger partial charge in [0.15, 0.2) is 11.5 Å². The van der Waals surface area contributed by atoms with Crippen molar-refractivity contribution in [3.8, 4) is 11.5 Å². The van der Waals surface area contributed by atoms with Crippen molar-refractivity contribution >= 4 is 11.3 Å². The van der Waals surface area contributed by atoms with Crippen molar-refractivity contribution in [2.24, 2.45) is 0 Å². The molecule has 1 atom stereocenters. The molecule has 1 aliphatic rings. The average molecular weight is 290 g/mol. The van der Waals surface area contributed by atoms with Crippen molar-refractivity contribution in [2.75, 3.05) is 13.2 Å². The Bertz CT molecular complexity index is 597. The standard InChI is InChI=1S/C15H18N2O2S/c1-10-8-17-15(20-10)11(2)16-9-12-4-3-5-13-14(12)19-7-6-18-13/h3-5,8,11,16H,6-7,9H2,1-2H3. The van der Waals surface area contributed by atoms with E-state index in [0.717, 1.165) is 28.6 Å². The van der Waals surface area contributed by atoms with Crippen LogP contribution in [0.25, 0.3) is 0 Å². The quantitative estimate of drug-likeness (QED) is 0.940. The fraction of sp³-hybridized carbons (Fsp3) is 0.400. The largest absolute Gasteiger partial charge is 0.486 e. The van der Waals surface area contributed by atoms with E-state index in [4.69, 9.17) is 9.47 Å². The van der Waals surface area contributed by atoms with Crippen molar-refractivity contribution in [3.63, 3.8) is 0 Å². The Balaban J connectivity index is 1.69. The first-order valence-electron chi connectivity index (χ1n) is 6.77. The SMILES string of the molecule is Cc1cnc(C(C)NCc2cccc3c2OCCO3)s1. The zero-order chi connectivity index (χ0) is 13.9. The van der Waals surface area contributed by atoms with Gasteiger partial charge in [0.05, 0.1) is 6.04 Å². The first-order chi connectivity index (χ1) is 9.74. The summed E-state index contributed by atoms with van der Waals surface area (Å²) >= 11 is 1.73. The first-order valence-corrected chi connectivity index (χ1v) is 7.59. The minimum atomic E-state index is 0.231. The van der Waals surface area contributed by atoms with Crippen LogP contribution in [0, 0.1) is 6.92 Å². The van der Waals surface area contributed by atoms with Gasteiger partial charge in [-0.3, -0.25) is 0 Å². The molecule has 0 saturated heterocycles. The number of rotatable bonds is 4. The maximum Gasteiger partial charge on any atom is 0.165 e. The van der Waals surface area contributed by atoms with E-state index in [1.807, 2.05) is 18.3 Å². The zero-order valence-corrected chi connectivity index (χ0v) is 12.5. The van der Waals surface area contributed by atoms with E-state index in [9.17, 15) is 0 Å². The smallest absolute Gasteiger partial charge is 0.165 e. The Kier molecular flexibility index (Phi) is 3.89. The van der Waals surface area contributed by atoms with E-state index in [1.165, 1.54) is 4.88 Å². The number of aryl methyl sites for hydroxylation is 1. The molecule has 20 heavy (non-hydrogen) atoms. The van der Waals surface area contributed by atoms with Crippen LogP contribution in [0.3, 0.4) is 0 Å². The lowest BCUT2D eigenvalue weighted by molar-refractivity contribution is 0.169. The Morgan fingerprint density at radius 3 is 3.00 bits per heavy atom. The number of thiazole rings is 1. The van der Waals surface area contributed by atoms with Crippen LogP contribution in [0.4, 0.5) is 0 Å². The van der Waals surface area contributed by atoms with Crippen LogP contribution >= 0.6 is 11.3 Å². The fourth-order valence-electron chi connectivity index (χ4n) is 2.20. The molecule has 2 aromatic rings. The number of hydrogen-bond acceptors (Lipinski definition) is 5. The predicted molar refractivity (Wildman–Crippen MR) is 79.5 cm³/mol. The summed E-state index contributed by atoms with van der Waals surface area (Å²) in [6.07, 6.45) is 1.92. The summed E-state index contributed by atoms with van der Waals surface area (Å²) in [5.74, 6) is 1.71. The lowest BCUT2D eigenvalue weighted by Gasteiger charge is -2.21. The second kappa shape index (κ2) is 5.81. The van der Waals surface area contributed by atoms with Crippen molar-refractivity contribution < 1.29 is 9.47 Å². The number of para-hydroxylation sites is 1. The number of fused-ring (bicyclic) bond motifs is 1. The lowest BCUT2D eigenvalue weighted by atomic mass is 10.1. The average Bonchev–Trinajstić information content (AvgIpc) is 2.91. The van der Waals surface area contributed by atoms with Crippen LogP contribution in [0.1, 0.15) is 28.4 Å². The summed E-state index contributed by atoms with van der Waals surface area (Å²) in [6.45, 7) is 6.19. The molecule has 0 fully saturated rings. The molecule has 5 heteroatoms. The number of aromatic nitrogens is 1. The number of hydrogen-bond donors (Lipinski definition) is 1. The first kappa shape index (κ1) is 13.4. The molecular formula is C15H18N2O2S. The molecular weight excluding hydrogens is 272 g/mol. The molecule has 0 amide bonds. The van der Waals surface area contributed by atoms with Gasteiger partial charge in [-0.05, 0) is 19.9 Å². The predicted octanol–water partition coefficient (Wildman–Crippen LogP) is 3.07. The third-order valence-electron chi connectivity index (χ3n) is 3.26. The van der Waals surface area contributed by atoms with Gasteiger partial charge in [-0.25, -0.2) is 4.98 Å². The third kappa shape index (κ3) is 2.78. The van der Waals surface area contributed by atoms with Crippen LogP contribution in [-0.4, -0.2) is 18.2 Å². The molecule has 4 nitrogen and oxygen atoms in total. The van der Waals surface area contributed by atoms with E-state index in [1.54, 1.807) is 11.3 Å². The van der Waals surface area contributed by atoms with Crippen molar-refractivity contribution in [3.05, 3.63) is 39.8 Å². The van der Waals surface area contributed by atoms with E-state index in [2.05, 4.69) is 30.2 Å². The summed E-state index contributed by atoms with van der Waals surface area (Å²) in [7, 11) is 0. The summed E-state index contributed by atoms with van der Waals surface area (Å²) in [6, 6.07) is 6.25. The second-order valence-corrected chi connectivity index (χ2v) is 6.12. The molecule has 1 aromatic carbocycles. The molecule has 1 aliphatic heterocycles. The van der Waals surface area contributed by atoms with Gasteiger partial charge in [0.2, 0.25) is 0 Å². The molecule has 1 unspecified atom stereocenters. The summed E-state index contributed by atoms with van der Waals surface area (Å²) in [4.78, 5) is 5.65. The third-order valence-corrected chi connectivity index (χ3v) is 4.35. The van der Waals surface area contributed by atoms with Gasteiger partial charge >= 0.3 is 0 Å². The summed E-state index contributed by atoms with van der Waals surface area (Å²) in [5, 5.41) is 4.61. The molecule has 0 bridgehead atoms. The van der Waals surface area contributed by atoms with Crippen molar-refractivity contribution in [1.82, 2.24) is 10.3 Å². The van der Waals surface area contributed by atoms with Crippen LogP contribution in [0.5, 0.6) is 11.5 Å². The van der Waals surface area contributed by atoms with Gasteiger partial charge in [-0.15, -0.1) is 11.3 Å². The maximum absolute atomic E-state index is 5.72. The number of benzene rings is 1. The highest BCUT2D eigenvalue weighted by atomic mass is 32.1. The van der Waals surface area contributed by atoms with Crippen LogP contribution in [0.2, 0.25) is 0 Å². The molecule has 0 radical (unpaired) electrons. The fourth-order valence-corrected chi connectivity index (χ4v) is 3.00. The number of nitrogens with zero attached hydrogens (tertiary/aromatic N) is 1. The number of ether oxygens (including phenoxy) is 2. The topological polar surface area (TPSA) is 43.4 Å². The molecule has 0 saturated carbocycles. The monoisotopic (exact) mass is 290 g/mol. The zero-order valence-electron chi connectivity index (χ0n) is 11.7. The van der Waals surface area contributed by atoms with Gasteiger partial charge < -0.3 is 14.8 Å². The second-order valence-electron chi connectivity index (χ2n) is 4.85. The van der Waals surface area contributed by atoms with E-state index in [0.29, 0.717) is 13.2 Å². The minimum Gasteiger partial charge on any atom is -0.486 e. The molecule has 106 valence electrons. The van der Waals surface area contributed by atoms with Crippen LogP contribution in [0.15, 0.2) is 24.4 Å². The highest BCUT2D eigenvalue weighted by molar-refractivity contribution is 7.11. The Hall–Kier alpha value is -1.59. The van der Waals surface area contributed by atoms with E-state index < -0.39 is 0 Å². The highest BCUT2D eigenvalue weighted by Gasteiger charge is 2.16. The van der Waals surface area contributed by atoms with Gasteiger partial charge in [-0.2, -0.15) is 0 Å². The molecule has 1 aromatic heterocycles. The van der Waals surface area contributed by atoms with Gasteiger partial charge in [0.25, 0.3) is 0 Å². The summed E-state index contributed by atoms with van der Waals surface area (Å²) < 4.78 is 11.3. The Morgan fingerprint density at radius 1 is 1.35 bits per heavy atom. The normalized spacial score (nSPS) is 15.1. The van der Waals surface area contributed by atoms with Gasteiger partial charge in [0, 0.05) is 23.2 Å². The van der Waals surface area contributed by atoms with Crippen molar-refractivity contribution in [1.29, 1.82) is 0 Å². The Morgan fingerprint density at radius 2 is 2.20 bits per heavy atom. The van der Waals surface area contributed by atoms with Crippen LogP contribution < -0.4 is 14.8 Å². The van der Waals surface area contributed by atoms with Gasteiger partial charge in [-0.1, -0.05) is 12.1 Å². The molecule has 2 heterocycles. The van der Waals surface area contributed by atoms with Crippen molar-refractivity contribution in [2.45, 2.75) is 26.4 Å². The molecule has 0 spiro atoms. The molecule has 3 rings (SSSR count). The van der Waals surface area contributed by atoms with Gasteiger partial charge in [0.1, 0.15) is 18.2 Å². The molecule has 1 N–H and O–H groups in total. The minimum absolute atomic E-state index is 0.231. The maximum atomic E-state index is 5.72. The Labute approximate surface area is 122 Å². The number of nitrogens with one attached hydrogen (secondary N) is 1. The lowest BCUT2D eigenvalue weighted by Crippen LogP contribution is -2.21.